The lowest BCUT2D eigenvalue weighted by Gasteiger charge is -2.20. The SMILES string of the molecule is C.C.C.c1ccc(-c2ccc(-c3cccc(-c4c5ccccc5c(-c5ccc6ccccc6c5)c5ccccc45)c3)s2)cc1.c1ccc(-c2ccc(-c3cccc(-c4c5ccccc5c(-c5cccc6ccccc56)c5ccccc45)c3)s2)cc1.c1ccc2c(-c3ccc(-c4ccc(-c5ccc(-c6cccc7ccccc67)s5)c(-c5c6ccccc6c(-c6cccc7ccccc67)c6ccccc56)c4)s3)cccc2c1. The van der Waals surface area contributed by atoms with Crippen LogP contribution < -0.4 is 0 Å². The minimum atomic E-state index is 0. The molecule has 4 heterocycles. The fourth-order valence-corrected chi connectivity index (χ4v) is 26.0. The molecular weight excluding hydrogens is 1820 g/mol. The van der Waals surface area contributed by atoms with Gasteiger partial charge in [-0.05, 0) is 303 Å². The molecule has 28 rings (SSSR count). The van der Waals surface area contributed by atoms with E-state index in [0.717, 1.165) is 0 Å². The van der Waals surface area contributed by atoms with Gasteiger partial charge in [0.25, 0.3) is 0 Å². The molecule has 0 unspecified atom stereocenters. The second-order valence-electron chi connectivity index (χ2n) is 36.5. The number of thiophene rings is 4. The van der Waals surface area contributed by atoms with Gasteiger partial charge in [0, 0.05) is 39.0 Å². The van der Waals surface area contributed by atoms with E-state index in [9.17, 15) is 0 Å². The van der Waals surface area contributed by atoms with Crippen LogP contribution in [0.3, 0.4) is 0 Å². The van der Waals surface area contributed by atoms with E-state index in [-0.39, 0.29) is 22.3 Å². The number of fused-ring (bicyclic) bond motifs is 11. The van der Waals surface area contributed by atoms with Gasteiger partial charge in [-0.25, -0.2) is 0 Å². The summed E-state index contributed by atoms with van der Waals surface area (Å²) in [5.41, 5.74) is 25.3. The molecular formula is C141H100S4. The first-order chi connectivity index (χ1) is 70.4. The van der Waals surface area contributed by atoms with Crippen LogP contribution in [-0.4, -0.2) is 0 Å². The van der Waals surface area contributed by atoms with Crippen LogP contribution in [0.4, 0.5) is 0 Å². The average molecular weight is 1920 g/mol. The molecule has 24 aromatic carbocycles. The molecule has 4 aromatic heterocycles. The van der Waals surface area contributed by atoms with Gasteiger partial charge in [-0.1, -0.05) is 483 Å². The van der Waals surface area contributed by atoms with E-state index in [2.05, 4.69) is 534 Å². The molecule has 28 aromatic rings. The van der Waals surface area contributed by atoms with Gasteiger partial charge < -0.3 is 0 Å². The Bertz CT molecular complexity index is 9560. The van der Waals surface area contributed by atoms with Gasteiger partial charge in [0.05, 0.1) is 0 Å². The molecule has 0 saturated heterocycles. The van der Waals surface area contributed by atoms with Gasteiger partial charge in [0.15, 0.2) is 0 Å². The van der Waals surface area contributed by atoms with Gasteiger partial charge in [-0.2, -0.15) is 0 Å². The molecule has 0 N–H and O–H groups in total. The fourth-order valence-electron chi connectivity index (χ4n) is 21.8. The van der Waals surface area contributed by atoms with Gasteiger partial charge in [-0.15, -0.1) is 45.3 Å². The van der Waals surface area contributed by atoms with E-state index in [1.54, 1.807) is 0 Å². The van der Waals surface area contributed by atoms with Crippen molar-refractivity contribution in [1.29, 1.82) is 0 Å². The summed E-state index contributed by atoms with van der Waals surface area (Å²) in [7, 11) is 0. The van der Waals surface area contributed by atoms with Crippen LogP contribution >= 0.6 is 45.3 Å². The maximum Gasteiger partial charge on any atom is 0.0355 e. The highest BCUT2D eigenvalue weighted by Crippen LogP contribution is 2.54. The van der Waals surface area contributed by atoms with Crippen LogP contribution in [0.25, 0.3) is 269 Å². The van der Waals surface area contributed by atoms with Crippen LogP contribution in [0.1, 0.15) is 22.3 Å². The summed E-state index contributed by atoms with van der Waals surface area (Å²) in [4.78, 5) is 10.2. The summed E-state index contributed by atoms with van der Waals surface area (Å²) in [6.45, 7) is 0. The Balaban J connectivity index is 0.000000122. The van der Waals surface area contributed by atoms with Gasteiger partial charge in [-0.3, -0.25) is 0 Å². The molecule has 0 aliphatic heterocycles. The Hall–Kier alpha value is -17.1. The summed E-state index contributed by atoms with van der Waals surface area (Å²) in [5.74, 6) is 0. The van der Waals surface area contributed by atoms with E-state index in [1.807, 2.05) is 45.3 Å². The molecule has 0 spiro atoms. The highest BCUT2D eigenvalue weighted by Gasteiger charge is 2.26. The van der Waals surface area contributed by atoms with Crippen molar-refractivity contribution in [2.75, 3.05) is 0 Å². The van der Waals surface area contributed by atoms with Crippen molar-refractivity contribution in [3.05, 3.63) is 534 Å². The molecule has 0 nitrogen and oxygen atoms in total. The molecule has 0 aliphatic carbocycles. The Kier molecular flexibility index (Phi) is 25.2. The van der Waals surface area contributed by atoms with Crippen LogP contribution in [0.2, 0.25) is 0 Å². The van der Waals surface area contributed by atoms with Crippen molar-refractivity contribution in [1.82, 2.24) is 0 Å². The lowest BCUT2D eigenvalue weighted by molar-refractivity contribution is 1.65. The molecule has 0 atom stereocenters. The first kappa shape index (κ1) is 91.7. The monoisotopic (exact) mass is 1920 g/mol. The molecule has 4 heteroatoms. The minimum absolute atomic E-state index is 0. The average Bonchev–Trinajstić information content (AvgIpc) is 1.10. The standard InChI is InChI=1S/C58H36S2.2C40H26S.3CH4/c1-4-20-41-37(14-1)17-11-27-44(41)54-33-32-53(59-54)40-30-31-46(56-35-34-55(60-56)45-28-12-18-38-15-2-5-21-42(38)45)52(36-40)58-50-25-9-7-23-48(50)57(49-24-8-10-26-51(49)58)47-29-13-19-39-16-3-6-22-43(39)47;1-2-13-28(14-3-1)37-24-25-38(41-37)29-16-10-17-30(26-29)39-33-19-6-8-21-35(33)40(36-22-9-7-20-34(36)39)32-23-11-15-27-12-4-5-18-31(27)32;1-2-12-28(13-3-1)37-23-24-38(41-37)30-15-10-16-31(26-30)39-33-17-6-8-19-35(33)40(36-20-9-7-18-34(36)39)32-22-21-27-11-4-5-14-29(27)25-32;;;/h1-36H;2*1-26H;3*1H4. The van der Waals surface area contributed by atoms with E-state index < -0.39 is 0 Å². The molecule has 0 radical (unpaired) electrons. The third-order valence-corrected chi connectivity index (χ3v) is 33.0. The Morgan fingerprint density at radius 2 is 0.310 bits per heavy atom. The predicted molar refractivity (Wildman–Crippen MR) is 640 cm³/mol. The van der Waals surface area contributed by atoms with Crippen molar-refractivity contribution in [3.8, 4) is 150 Å². The van der Waals surface area contributed by atoms with E-state index in [1.165, 1.54) is 269 Å². The number of rotatable bonds is 14. The first-order valence-electron chi connectivity index (χ1n) is 48.5. The second kappa shape index (κ2) is 39.8. The lowest BCUT2D eigenvalue weighted by Crippen LogP contribution is -1.93. The topological polar surface area (TPSA) is 0 Å². The summed E-state index contributed by atoms with van der Waals surface area (Å²) in [5, 5.41) is 28.0. The molecule has 0 fully saturated rings. The smallest absolute Gasteiger partial charge is 0.0355 e. The second-order valence-corrected chi connectivity index (χ2v) is 40.8. The summed E-state index contributed by atoms with van der Waals surface area (Å²) < 4.78 is 0. The fraction of sp³-hybridized carbons (Fsp3) is 0.0213. The van der Waals surface area contributed by atoms with Crippen LogP contribution in [0.15, 0.2) is 534 Å². The van der Waals surface area contributed by atoms with Crippen molar-refractivity contribution >= 4 is 164 Å². The minimum Gasteiger partial charge on any atom is -0.135 e. The van der Waals surface area contributed by atoms with E-state index in [0.29, 0.717) is 0 Å². The number of benzene rings is 24. The van der Waals surface area contributed by atoms with Crippen LogP contribution in [0, 0.1) is 0 Å². The molecule has 0 amide bonds. The van der Waals surface area contributed by atoms with Crippen LogP contribution in [-0.2, 0) is 0 Å². The van der Waals surface area contributed by atoms with Crippen molar-refractivity contribution in [2.24, 2.45) is 0 Å². The quantitative estimate of drug-likeness (QED) is 0.0952. The molecule has 145 heavy (non-hydrogen) atoms. The maximum absolute atomic E-state index is 2.47. The maximum atomic E-state index is 2.47. The van der Waals surface area contributed by atoms with Crippen LogP contribution in [0.5, 0.6) is 0 Å². The zero-order valence-electron chi connectivity index (χ0n) is 77.4. The van der Waals surface area contributed by atoms with Gasteiger partial charge >= 0.3 is 0 Å². The summed E-state index contributed by atoms with van der Waals surface area (Å²) in [6.07, 6.45) is 0. The predicted octanol–water partition coefficient (Wildman–Crippen LogP) is 43.2. The first-order valence-corrected chi connectivity index (χ1v) is 51.8. The molecule has 688 valence electrons. The molecule has 0 aliphatic rings. The number of hydrogen-bond donors (Lipinski definition) is 0. The molecule has 0 saturated carbocycles. The molecule has 0 bridgehead atoms. The van der Waals surface area contributed by atoms with Crippen molar-refractivity contribution in [2.45, 2.75) is 22.3 Å². The van der Waals surface area contributed by atoms with Crippen molar-refractivity contribution in [3.63, 3.8) is 0 Å². The third kappa shape index (κ3) is 16.9. The highest BCUT2D eigenvalue weighted by atomic mass is 32.1. The Labute approximate surface area is 863 Å². The largest absolute Gasteiger partial charge is 0.135 e. The number of hydrogen-bond acceptors (Lipinski definition) is 4. The van der Waals surface area contributed by atoms with Gasteiger partial charge in [0.2, 0.25) is 0 Å². The normalized spacial score (nSPS) is 11.3. The Morgan fingerprint density at radius 1 is 0.0966 bits per heavy atom. The third-order valence-electron chi connectivity index (χ3n) is 28.3. The van der Waals surface area contributed by atoms with Crippen molar-refractivity contribution < 1.29 is 0 Å². The zero-order valence-corrected chi connectivity index (χ0v) is 80.7. The lowest BCUT2D eigenvalue weighted by atomic mass is 9.83. The summed E-state index contributed by atoms with van der Waals surface area (Å²) in [6, 6.07) is 196. The van der Waals surface area contributed by atoms with E-state index >= 15 is 0 Å². The highest BCUT2D eigenvalue weighted by molar-refractivity contribution is 7.20. The Morgan fingerprint density at radius 3 is 0.669 bits per heavy atom. The van der Waals surface area contributed by atoms with E-state index in [4.69, 9.17) is 0 Å². The zero-order chi connectivity index (χ0) is 93.9. The van der Waals surface area contributed by atoms with Gasteiger partial charge in [0.1, 0.15) is 0 Å². The summed E-state index contributed by atoms with van der Waals surface area (Å²) >= 11 is 7.46.